The largest absolute Gasteiger partial charge is 0.371 e. The first kappa shape index (κ1) is 13.2. The van der Waals surface area contributed by atoms with Crippen LogP contribution in [-0.4, -0.2) is 24.9 Å². The maximum Gasteiger partial charge on any atom is 0.239 e. The Morgan fingerprint density at radius 1 is 1.33 bits per heavy atom. The molecule has 1 aliphatic rings. The van der Waals surface area contributed by atoms with Crippen molar-refractivity contribution >= 4 is 28.9 Å². The second kappa shape index (κ2) is 6.10. The molecule has 0 unspecified atom stereocenters. The summed E-state index contributed by atoms with van der Waals surface area (Å²) in [6.45, 7) is 4.26. The van der Waals surface area contributed by atoms with E-state index < -0.39 is 0 Å². The molecule has 0 bridgehead atoms. The fraction of sp³-hybridized carbons (Fsp3) is 0.500. The average Bonchev–Trinajstić information content (AvgIpc) is 2.42. The molecular weight excluding hydrogens is 248 g/mol. The first-order valence-corrected chi connectivity index (χ1v) is 6.96. The van der Waals surface area contributed by atoms with E-state index >= 15 is 0 Å². The van der Waals surface area contributed by atoms with Crippen LogP contribution in [0, 0.1) is 6.92 Å². The fourth-order valence-electron chi connectivity index (χ4n) is 2.42. The third-order valence-corrected chi connectivity index (χ3v) is 3.64. The summed E-state index contributed by atoms with van der Waals surface area (Å²) in [5.41, 5.74) is 3.21. The van der Waals surface area contributed by atoms with E-state index in [1.54, 1.807) is 0 Å². The topological polar surface area (TPSA) is 32.3 Å². The lowest BCUT2D eigenvalue weighted by Gasteiger charge is -2.30. The third-order valence-electron chi connectivity index (χ3n) is 3.40. The van der Waals surface area contributed by atoms with Crippen molar-refractivity contribution in [3.05, 3.63) is 23.8 Å². The van der Waals surface area contributed by atoms with Crippen LogP contribution in [-0.2, 0) is 4.79 Å². The summed E-state index contributed by atoms with van der Waals surface area (Å²) >= 11 is 5.52. The standard InChI is InChI=1S/C14H19ClN2O/c1-11-12(16-14(18)10-15)6-5-7-13(11)17-8-3-2-4-9-17/h5-7H,2-4,8-10H2,1H3,(H,16,18). The van der Waals surface area contributed by atoms with E-state index in [4.69, 9.17) is 11.6 Å². The van der Waals surface area contributed by atoms with Gasteiger partial charge in [0.2, 0.25) is 5.91 Å². The van der Waals surface area contributed by atoms with Gasteiger partial charge in [0.25, 0.3) is 0 Å². The lowest BCUT2D eigenvalue weighted by atomic mass is 10.1. The van der Waals surface area contributed by atoms with Gasteiger partial charge in [0, 0.05) is 24.5 Å². The monoisotopic (exact) mass is 266 g/mol. The first-order chi connectivity index (χ1) is 8.72. The number of rotatable bonds is 3. The number of halogens is 1. The molecule has 0 saturated carbocycles. The lowest BCUT2D eigenvalue weighted by molar-refractivity contribution is -0.113. The van der Waals surface area contributed by atoms with Gasteiger partial charge in [-0.05, 0) is 43.9 Å². The van der Waals surface area contributed by atoms with E-state index in [1.807, 2.05) is 19.1 Å². The van der Waals surface area contributed by atoms with Crippen LogP contribution >= 0.6 is 11.6 Å². The minimum absolute atomic E-state index is 0.00657. The number of nitrogens with zero attached hydrogens (tertiary/aromatic N) is 1. The van der Waals surface area contributed by atoms with E-state index in [0.717, 1.165) is 24.3 Å². The number of alkyl halides is 1. The minimum Gasteiger partial charge on any atom is -0.371 e. The van der Waals surface area contributed by atoms with Crippen molar-refractivity contribution in [3.8, 4) is 0 Å². The normalized spacial score (nSPS) is 15.6. The molecule has 0 radical (unpaired) electrons. The number of hydrogen-bond acceptors (Lipinski definition) is 2. The molecule has 4 heteroatoms. The quantitative estimate of drug-likeness (QED) is 0.853. The summed E-state index contributed by atoms with van der Waals surface area (Å²) < 4.78 is 0. The summed E-state index contributed by atoms with van der Waals surface area (Å²) in [4.78, 5) is 13.8. The van der Waals surface area contributed by atoms with E-state index in [0.29, 0.717) is 0 Å². The maximum atomic E-state index is 11.4. The molecule has 0 aliphatic carbocycles. The van der Waals surface area contributed by atoms with Crippen LogP contribution in [0.4, 0.5) is 11.4 Å². The summed E-state index contributed by atoms with van der Waals surface area (Å²) in [6.07, 6.45) is 3.81. The van der Waals surface area contributed by atoms with Gasteiger partial charge in [0.05, 0.1) is 0 Å². The van der Waals surface area contributed by atoms with Crippen LogP contribution in [0.3, 0.4) is 0 Å². The lowest BCUT2D eigenvalue weighted by Crippen LogP contribution is -2.30. The zero-order valence-corrected chi connectivity index (χ0v) is 11.5. The fourth-order valence-corrected chi connectivity index (χ4v) is 2.49. The van der Waals surface area contributed by atoms with Crippen LogP contribution in [0.1, 0.15) is 24.8 Å². The molecule has 1 aliphatic heterocycles. The molecule has 1 aromatic carbocycles. The molecular formula is C14H19ClN2O. The zero-order chi connectivity index (χ0) is 13.0. The van der Waals surface area contributed by atoms with E-state index in [2.05, 4.69) is 16.3 Å². The molecule has 1 N–H and O–H groups in total. The molecule has 1 fully saturated rings. The van der Waals surface area contributed by atoms with Crippen molar-refractivity contribution in [3.63, 3.8) is 0 Å². The van der Waals surface area contributed by atoms with Crippen molar-refractivity contribution < 1.29 is 4.79 Å². The molecule has 2 rings (SSSR count). The highest BCUT2D eigenvalue weighted by atomic mass is 35.5. The maximum absolute atomic E-state index is 11.4. The highest BCUT2D eigenvalue weighted by Gasteiger charge is 2.15. The van der Waals surface area contributed by atoms with Gasteiger partial charge in [0.1, 0.15) is 5.88 Å². The summed E-state index contributed by atoms with van der Waals surface area (Å²) in [5.74, 6) is -0.163. The highest BCUT2D eigenvalue weighted by Crippen LogP contribution is 2.28. The Morgan fingerprint density at radius 2 is 2.06 bits per heavy atom. The summed E-state index contributed by atoms with van der Waals surface area (Å²) in [5, 5.41) is 2.84. The predicted molar refractivity (Wildman–Crippen MR) is 76.6 cm³/mol. The second-order valence-corrected chi connectivity index (χ2v) is 4.95. The molecule has 0 aromatic heterocycles. The Labute approximate surface area is 113 Å². The Hall–Kier alpha value is -1.22. The molecule has 1 aromatic rings. The smallest absolute Gasteiger partial charge is 0.239 e. The molecule has 0 spiro atoms. The van der Waals surface area contributed by atoms with Crippen molar-refractivity contribution in [2.75, 3.05) is 29.2 Å². The Balaban J connectivity index is 2.20. The molecule has 3 nitrogen and oxygen atoms in total. The van der Waals surface area contributed by atoms with Crippen LogP contribution in [0.5, 0.6) is 0 Å². The zero-order valence-electron chi connectivity index (χ0n) is 10.7. The van der Waals surface area contributed by atoms with Gasteiger partial charge in [-0.1, -0.05) is 6.07 Å². The number of hydrogen-bond donors (Lipinski definition) is 1. The molecule has 1 saturated heterocycles. The number of nitrogens with one attached hydrogen (secondary N) is 1. The van der Waals surface area contributed by atoms with Gasteiger partial charge in [-0.25, -0.2) is 0 Å². The van der Waals surface area contributed by atoms with Gasteiger partial charge in [-0.3, -0.25) is 4.79 Å². The van der Waals surface area contributed by atoms with Crippen molar-refractivity contribution in [2.45, 2.75) is 26.2 Å². The number of piperidine rings is 1. The highest BCUT2D eigenvalue weighted by molar-refractivity contribution is 6.29. The Kier molecular flexibility index (Phi) is 4.48. The predicted octanol–water partition coefficient (Wildman–Crippen LogP) is 3.16. The Bertz CT molecular complexity index is 428. The van der Waals surface area contributed by atoms with Crippen LogP contribution in [0.2, 0.25) is 0 Å². The SMILES string of the molecule is Cc1c(NC(=O)CCl)cccc1N1CCCCC1. The van der Waals surface area contributed by atoms with Crippen molar-refractivity contribution in [1.29, 1.82) is 0 Å². The number of anilines is 2. The summed E-state index contributed by atoms with van der Waals surface area (Å²) in [6, 6.07) is 6.03. The molecule has 1 heterocycles. The molecule has 0 atom stereocenters. The van der Waals surface area contributed by atoms with E-state index in [1.165, 1.54) is 24.9 Å². The average molecular weight is 267 g/mol. The summed E-state index contributed by atoms with van der Waals surface area (Å²) in [7, 11) is 0. The number of carbonyl (C=O) groups excluding carboxylic acids is 1. The van der Waals surface area contributed by atoms with Crippen LogP contribution < -0.4 is 10.2 Å². The first-order valence-electron chi connectivity index (χ1n) is 6.43. The van der Waals surface area contributed by atoms with Crippen molar-refractivity contribution in [1.82, 2.24) is 0 Å². The van der Waals surface area contributed by atoms with Crippen LogP contribution in [0.25, 0.3) is 0 Å². The Morgan fingerprint density at radius 3 is 2.72 bits per heavy atom. The van der Waals surface area contributed by atoms with Gasteiger partial charge >= 0.3 is 0 Å². The molecule has 1 amide bonds. The van der Waals surface area contributed by atoms with E-state index in [-0.39, 0.29) is 11.8 Å². The van der Waals surface area contributed by atoms with Gasteiger partial charge in [-0.2, -0.15) is 0 Å². The van der Waals surface area contributed by atoms with Gasteiger partial charge in [0.15, 0.2) is 0 Å². The van der Waals surface area contributed by atoms with Crippen LogP contribution in [0.15, 0.2) is 18.2 Å². The van der Waals surface area contributed by atoms with Gasteiger partial charge in [-0.15, -0.1) is 11.6 Å². The number of amides is 1. The van der Waals surface area contributed by atoms with E-state index in [9.17, 15) is 4.79 Å². The van der Waals surface area contributed by atoms with Crippen molar-refractivity contribution in [2.24, 2.45) is 0 Å². The third kappa shape index (κ3) is 2.96. The number of benzene rings is 1. The molecule has 98 valence electrons. The second-order valence-electron chi connectivity index (χ2n) is 4.68. The number of carbonyl (C=O) groups is 1. The minimum atomic E-state index is -0.157. The van der Waals surface area contributed by atoms with Gasteiger partial charge < -0.3 is 10.2 Å². The molecule has 18 heavy (non-hydrogen) atoms.